The van der Waals surface area contributed by atoms with Crippen LogP contribution in [0.1, 0.15) is 35.7 Å². The van der Waals surface area contributed by atoms with Gasteiger partial charge in [-0.1, -0.05) is 29.3 Å². The van der Waals surface area contributed by atoms with Gasteiger partial charge in [-0.25, -0.2) is 0 Å². The molecular weight excluding hydrogens is 274 g/mol. The van der Waals surface area contributed by atoms with Crippen molar-refractivity contribution < 1.29 is 4.79 Å². The Bertz CT molecular complexity index is 324. The van der Waals surface area contributed by atoms with Crippen LogP contribution in [0.4, 0.5) is 0 Å². The maximum absolute atomic E-state index is 11.7. The number of nitrogens with one attached hydrogen (secondary N) is 1. The number of hydrogen-bond donors (Lipinski definition) is 1. The Morgan fingerprint density at radius 3 is 2.87 bits per heavy atom. The van der Waals surface area contributed by atoms with Gasteiger partial charge in [-0.15, -0.1) is 0 Å². The Morgan fingerprint density at radius 2 is 2.33 bits per heavy atom. The minimum absolute atomic E-state index is 0.0364. The average molecular weight is 290 g/mol. The summed E-state index contributed by atoms with van der Waals surface area (Å²) in [5.41, 5.74) is 1.86. The maximum atomic E-state index is 11.7. The van der Waals surface area contributed by atoms with E-state index < -0.39 is 0 Å². The van der Waals surface area contributed by atoms with E-state index in [1.54, 1.807) is 11.3 Å². The number of hydrogen-bond acceptors (Lipinski definition) is 2. The topological polar surface area (TPSA) is 29.1 Å². The molecule has 4 heteroatoms. The number of thiophene rings is 1. The summed E-state index contributed by atoms with van der Waals surface area (Å²) < 4.78 is 0. The van der Waals surface area contributed by atoms with Crippen molar-refractivity contribution in [3.8, 4) is 0 Å². The van der Waals surface area contributed by atoms with Crippen LogP contribution < -0.4 is 5.32 Å². The van der Waals surface area contributed by atoms with Crippen LogP contribution in [0, 0.1) is 6.92 Å². The minimum atomic E-state index is 0.0364. The largest absolute Gasteiger partial charge is 0.351 e. The Kier molecular flexibility index (Phi) is 5.32. The third-order valence-electron chi connectivity index (χ3n) is 2.19. The zero-order valence-electron chi connectivity index (χ0n) is 9.05. The summed E-state index contributed by atoms with van der Waals surface area (Å²) in [4.78, 5) is 12.1. The van der Waals surface area contributed by atoms with Crippen LogP contribution in [-0.4, -0.2) is 17.3 Å². The van der Waals surface area contributed by atoms with Crippen LogP contribution in [-0.2, 0) is 0 Å². The number of aryl methyl sites for hydroxylation is 1. The van der Waals surface area contributed by atoms with E-state index in [2.05, 4.69) is 28.2 Å². The van der Waals surface area contributed by atoms with Crippen LogP contribution in [0.5, 0.6) is 0 Å². The van der Waals surface area contributed by atoms with E-state index in [0.29, 0.717) is 11.4 Å². The Labute approximate surface area is 103 Å². The molecule has 0 aliphatic carbocycles. The monoisotopic (exact) mass is 289 g/mol. The molecule has 0 bridgehead atoms. The number of carbonyl (C=O) groups excluding carboxylic acids is 1. The molecule has 84 valence electrons. The lowest BCUT2D eigenvalue weighted by Crippen LogP contribution is -2.29. The van der Waals surface area contributed by atoms with Crippen LogP contribution in [0.3, 0.4) is 0 Å². The van der Waals surface area contributed by atoms with E-state index in [1.807, 2.05) is 17.7 Å². The molecule has 0 fully saturated rings. The summed E-state index contributed by atoms with van der Waals surface area (Å²) in [6, 6.07) is 0. The lowest BCUT2D eigenvalue weighted by Gasteiger charge is -2.09. The molecule has 1 rings (SSSR count). The number of amides is 1. The molecule has 0 saturated heterocycles. The first-order chi connectivity index (χ1) is 7.15. The van der Waals surface area contributed by atoms with Crippen molar-refractivity contribution in [3.05, 3.63) is 21.9 Å². The van der Waals surface area contributed by atoms with Gasteiger partial charge in [-0.2, -0.15) is 11.3 Å². The fourth-order valence-electron chi connectivity index (χ4n) is 1.31. The lowest BCUT2D eigenvalue weighted by atomic mass is 10.2. The van der Waals surface area contributed by atoms with Crippen molar-refractivity contribution >= 4 is 33.2 Å². The summed E-state index contributed by atoms with van der Waals surface area (Å²) in [6.07, 6.45) is 2.21. The van der Waals surface area contributed by atoms with E-state index in [1.165, 1.54) is 0 Å². The van der Waals surface area contributed by atoms with Gasteiger partial charge >= 0.3 is 0 Å². The van der Waals surface area contributed by atoms with E-state index in [4.69, 9.17) is 0 Å². The molecule has 1 unspecified atom stereocenters. The second kappa shape index (κ2) is 6.28. The molecule has 0 radical (unpaired) electrons. The highest BCUT2D eigenvalue weighted by Gasteiger charge is 2.10. The molecule has 0 aliphatic rings. The standard InChI is InChI=1S/C11H16BrNOS/c1-3-4-9(12)5-13-11(14)10-7-15-6-8(10)2/h6-7,9H,3-5H2,1-2H3,(H,13,14). The first-order valence-electron chi connectivity index (χ1n) is 5.10. The molecule has 1 amide bonds. The molecule has 1 heterocycles. The van der Waals surface area contributed by atoms with Gasteiger partial charge in [0.05, 0.1) is 5.56 Å². The van der Waals surface area contributed by atoms with Crippen molar-refractivity contribution in [1.29, 1.82) is 0 Å². The molecule has 15 heavy (non-hydrogen) atoms. The first kappa shape index (κ1) is 12.7. The summed E-state index contributed by atoms with van der Waals surface area (Å²) in [5, 5.41) is 6.82. The fourth-order valence-corrected chi connectivity index (χ4v) is 2.75. The summed E-state index contributed by atoms with van der Waals surface area (Å²) in [7, 11) is 0. The summed E-state index contributed by atoms with van der Waals surface area (Å²) in [6.45, 7) is 4.80. The van der Waals surface area contributed by atoms with Crippen LogP contribution in [0.25, 0.3) is 0 Å². The number of rotatable bonds is 5. The fraction of sp³-hybridized carbons (Fsp3) is 0.545. The van der Waals surface area contributed by atoms with E-state index >= 15 is 0 Å². The average Bonchev–Trinajstić information content (AvgIpc) is 2.61. The van der Waals surface area contributed by atoms with Gasteiger partial charge < -0.3 is 5.32 Å². The van der Waals surface area contributed by atoms with Gasteiger partial charge in [-0.3, -0.25) is 4.79 Å². The molecule has 1 aromatic rings. The molecule has 2 nitrogen and oxygen atoms in total. The number of alkyl halides is 1. The Hall–Kier alpha value is -0.350. The highest BCUT2D eigenvalue weighted by molar-refractivity contribution is 9.09. The quantitative estimate of drug-likeness (QED) is 0.828. The Morgan fingerprint density at radius 1 is 1.60 bits per heavy atom. The third kappa shape index (κ3) is 3.95. The molecule has 0 aromatic carbocycles. The molecule has 0 aliphatic heterocycles. The second-order valence-corrected chi connectivity index (χ2v) is 5.60. The smallest absolute Gasteiger partial charge is 0.252 e. The molecular formula is C11H16BrNOS. The van der Waals surface area contributed by atoms with Crippen LogP contribution >= 0.6 is 27.3 Å². The van der Waals surface area contributed by atoms with Crippen molar-refractivity contribution in [2.45, 2.75) is 31.5 Å². The second-order valence-electron chi connectivity index (χ2n) is 3.56. The van der Waals surface area contributed by atoms with E-state index in [-0.39, 0.29) is 5.91 Å². The highest BCUT2D eigenvalue weighted by atomic mass is 79.9. The van der Waals surface area contributed by atoms with E-state index in [9.17, 15) is 4.79 Å². The molecule has 0 spiro atoms. The van der Waals surface area contributed by atoms with Crippen molar-refractivity contribution in [2.24, 2.45) is 0 Å². The predicted molar refractivity (Wildman–Crippen MR) is 69.0 cm³/mol. The Balaban J connectivity index is 2.40. The van der Waals surface area contributed by atoms with Crippen LogP contribution in [0.2, 0.25) is 0 Å². The number of halogens is 1. The molecule has 1 aromatic heterocycles. The van der Waals surface area contributed by atoms with Gasteiger partial charge in [0, 0.05) is 16.8 Å². The number of carbonyl (C=O) groups is 1. The SMILES string of the molecule is CCCC(Br)CNC(=O)c1cscc1C. The first-order valence-corrected chi connectivity index (χ1v) is 6.96. The lowest BCUT2D eigenvalue weighted by molar-refractivity contribution is 0.0953. The van der Waals surface area contributed by atoms with Gasteiger partial charge in [0.15, 0.2) is 0 Å². The van der Waals surface area contributed by atoms with Crippen molar-refractivity contribution in [1.82, 2.24) is 5.32 Å². The molecule has 1 N–H and O–H groups in total. The predicted octanol–water partition coefficient (Wildman–Crippen LogP) is 3.35. The van der Waals surface area contributed by atoms with Gasteiger partial charge in [0.2, 0.25) is 0 Å². The molecule has 1 atom stereocenters. The molecule has 0 saturated carbocycles. The zero-order chi connectivity index (χ0) is 11.3. The third-order valence-corrected chi connectivity index (χ3v) is 3.83. The summed E-state index contributed by atoms with van der Waals surface area (Å²) >= 11 is 5.10. The van der Waals surface area contributed by atoms with E-state index in [0.717, 1.165) is 24.0 Å². The van der Waals surface area contributed by atoms with Gasteiger partial charge in [0.25, 0.3) is 5.91 Å². The normalized spacial score (nSPS) is 12.5. The van der Waals surface area contributed by atoms with Crippen molar-refractivity contribution in [2.75, 3.05) is 6.54 Å². The zero-order valence-corrected chi connectivity index (χ0v) is 11.5. The van der Waals surface area contributed by atoms with Gasteiger partial charge in [0.1, 0.15) is 0 Å². The van der Waals surface area contributed by atoms with Gasteiger partial charge in [-0.05, 0) is 24.3 Å². The minimum Gasteiger partial charge on any atom is -0.351 e. The highest BCUT2D eigenvalue weighted by Crippen LogP contribution is 2.13. The van der Waals surface area contributed by atoms with Crippen LogP contribution in [0.15, 0.2) is 10.8 Å². The maximum Gasteiger partial charge on any atom is 0.252 e. The summed E-state index contributed by atoms with van der Waals surface area (Å²) in [5.74, 6) is 0.0364. The van der Waals surface area contributed by atoms with Crippen molar-refractivity contribution in [3.63, 3.8) is 0 Å².